The topological polar surface area (TPSA) is 38.3 Å². The molecule has 110 valence electrons. The molecule has 0 amide bonds. The van der Waals surface area contributed by atoms with Crippen molar-refractivity contribution in [1.82, 2.24) is 5.32 Å². The Labute approximate surface area is 121 Å². The first kappa shape index (κ1) is 15.0. The molecular weight excluding hydrogens is 250 g/mol. The molecule has 1 atom stereocenters. The molecule has 0 aliphatic heterocycles. The number of esters is 1. The van der Waals surface area contributed by atoms with Crippen LogP contribution in [-0.2, 0) is 22.4 Å². The van der Waals surface area contributed by atoms with E-state index in [0.717, 1.165) is 19.3 Å². The average Bonchev–Trinajstić information content (AvgIpc) is 2.36. The minimum Gasteiger partial charge on any atom is -0.460 e. The highest BCUT2D eigenvalue weighted by molar-refractivity contribution is 5.70. The first-order valence-electron chi connectivity index (χ1n) is 7.46. The summed E-state index contributed by atoms with van der Waals surface area (Å²) in [5, 5.41) is 3.48. The summed E-state index contributed by atoms with van der Waals surface area (Å²) in [6, 6.07) is 9.10. The number of nitrogens with one attached hydrogen (secondary N) is 1. The quantitative estimate of drug-likeness (QED) is 0.859. The molecule has 1 unspecified atom stereocenters. The average molecular weight is 275 g/mol. The zero-order valence-electron chi connectivity index (χ0n) is 12.7. The maximum absolute atomic E-state index is 11.6. The molecule has 1 aliphatic carbocycles. The van der Waals surface area contributed by atoms with Crippen LogP contribution in [0.25, 0.3) is 0 Å². The lowest BCUT2D eigenvalue weighted by Crippen LogP contribution is -2.36. The van der Waals surface area contributed by atoms with Gasteiger partial charge >= 0.3 is 5.97 Å². The molecule has 0 saturated carbocycles. The van der Waals surface area contributed by atoms with Crippen molar-refractivity contribution < 1.29 is 9.53 Å². The summed E-state index contributed by atoms with van der Waals surface area (Å²) in [4.78, 5) is 11.6. The highest BCUT2D eigenvalue weighted by Crippen LogP contribution is 2.20. The van der Waals surface area contributed by atoms with Crippen LogP contribution in [-0.4, -0.2) is 24.2 Å². The van der Waals surface area contributed by atoms with Crippen LogP contribution in [0.1, 0.15) is 44.7 Å². The Bertz CT molecular complexity index is 462. The lowest BCUT2D eigenvalue weighted by atomic mass is 9.88. The molecule has 1 N–H and O–H groups in total. The lowest BCUT2D eigenvalue weighted by molar-refractivity contribution is -0.154. The number of ether oxygens (including phenoxy) is 1. The van der Waals surface area contributed by atoms with Crippen molar-refractivity contribution in [2.45, 2.75) is 58.1 Å². The number of carbonyl (C=O) groups is 1. The predicted molar refractivity (Wildman–Crippen MR) is 80.7 cm³/mol. The van der Waals surface area contributed by atoms with Crippen LogP contribution in [0.15, 0.2) is 24.3 Å². The van der Waals surface area contributed by atoms with Crippen LogP contribution in [0.3, 0.4) is 0 Å². The molecule has 0 heterocycles. The van der Waals surface area contributed by atoms with Gasteiger partial charge in [-0.15, -0.1) is 0 Å². The standard InChI is InChI=1S/C17H25NO2/c1-17(2,3)20-16(19)10-11-18-15-9-8-13-6-4-5-7-14(13)12-15/h4-7,15,18H,8-12H2,1-3H3. The van der Waals surface area contributed by atoms with E-state index < -0.39 is 0 Å². The lowest BCUT2D eigenvalue weighted by Gasteiger charge is -2.26. The number of rotatable bonds is 4. The zero-order chi connectivity index (χ0) is 14.6. The van der Waals surface area contributed by atoms with Crippen LogP contribution in [0, 0.1) is 0 Å². The molecule has 3 nitrogen and oxygen atoms in total. The van der Waals surface area contributed by atoms with Crippen LogP contribution in [0.4, 0.5) is 0 Å². The van der Waals surface area contributed by atoms with E-state index in [9.17, 15) is 4.79 Å². The number of hydrogen-bond acceptors (Lipinski definition) is 3. The third-order valence-corrected chi connectivity index (χ3v) is 3.53. The van der Waals surface area contributed by atoms with E-state index in [1.165, 1.54) is 11.1 Å². The molecule has 0 fully saturated rings. The van der Waals surface area contributed by atoms with E-state index in [-0.39, 0.29) is 11.6 Å². The van der Waals surface area contributed by atoms with E-state index in [1.54, 1.807) is 0 Å². The van der Waals surface area contributed by atoms with Gasteiger partial charge < -0.3 is 10.1 Å². The first-order valence-corrected chi connectivity index (χ1v) is 7.46. The van der Waals surface area contributed by atoms with Gasteiger partial charge in [0.15, 0.2) is 0 Å². The second-order valence-corrected chi connectivity index (χ2v) is 6.50. The number of hydrogen-bond donors (Lipinski definition) is 1. The molecule has 0 bridgehead atoms. The van der Waals surface area contributed by atoms with Crippen molar-refractivity contribution in [3.8, 4) is 0 Å². The Morgan fingerprint density at radius 3 is 2.70 bits per heavy atom. The van der Waals surface area contributed by atoms with Crippen LogP contribution in [0.5, 0.6) is 0 Å². The molecule has 20 heavy (non-hydrogen) atoms. The van der Waals surface area contributed by atoms with Gasteiger partial charge in [-0.1, -0.05) is 24.3 Å². The zero-order valence-corrected chi connectivity index (χ0v) is 12.7. The van der Waals surface area contributed by atoms with Gasteiger partial charge in [0.25, 0.3) is 0 Å². The maximum atomic E-state index is 11.6. The first-order chi connectivity index (χ1) is 9.44. The molecule has 0 radical (unpaired) electrons. The van der Waals surface area contributed by atoms with Crippen molar-refractivity contribution >= 4 is 5.97 Å². The molecular formula is C17H25NO2. The molecule has 0 saturated heterocycles. The second-order valence-electron chi connectivity index (χ2n) is 6.50. The van der Waals surface area contributed by atoms with E-state index in [0.29, 0.717) is 19.0 Å². The highest BCUT2D eigenvalue weighted by Gasteiger charge is 2.19. The van der Waals surface area contributed by atoms with Crippen LogP contribution < -0.4 is 5.32 Å². The Kier molecular flexibility index (Phi) is 4.81. The number of aryl methyl sites for hydroxylation is 1. The Balaban J connectivity index is 1.73. The number of carbonyl (C=O) groups excluding carboxylic acids is 1. The van der Waals surface area contributed by atoms with Gasteiger partial charge in [0.05, 0.1) is 6.42 Å². The molecule has 0 aromatic heterocycles. The van der Waals surface area contributed by atoms with Crippen molar-refractivity contribution in [2.24, 2.45) is 0 Å². The fourth-order valence-corrected chi connectivity index (χ4v) is 2.64. The number of benzene rings is 1. The summed E-state index contributed by atoms with van der Waals surface area (Å²) in [6.45, 7) is 6.39. The van der Waals surface area contributed by atoms with Gasteiger partial charge in [0.1, 0.15) is 5.60 Å². The molecule has 1 aromatic rings. The SMILES string of the molecule is CC(C)(C)OC(=O)CCNC1CCc2ccccc2C1. The van der Waals surface area contributed by atoms with Gasteiger partial charge in [-0.3, -0.25) is 4.79 Å². The monoisotopic (exact) mass is 275 g/mol. The summed E-state index contributed by atoms with van der Waals surface area (Å²) in [6.07, 6.45) is 3.77. The summed E-state index contributed by atoms with van der Waals surface area (Å²) in [7, 11) is 0. The van der Waals surface area contributed by atoms with E-state index in [2.05, 4.69) is 29.6 Å². The Hall–Kier alpha value is -1.35. The van der Waals surface area contributed by atoms with E-state index in [4.69, 9.17) is 4.74 Å². The molecule has 1 aliphatic rings. The summed E-state index contributed by atoms with van der Waals surface area (Å²) < 4.78 is 5.30. The van der Waals surface area contributed by atoms with Crippen LogP contribution in [0.2, 0.25) is 0 Å². The molecule has 1 aromatic carbocycles. The van der Waals surface area contributed by atoms with Crippen molar-refractivity contribution in [3.05, 3.63) is 35.4 Å². The highest BCUT2D eigenvalue weighted by atomic mass is 16.6. The van der Waals surface area contributed by atoms with Crippen molar-refractivity contribution in [2.75, 3.05) is 6.54 Å². The van der Waals surface area contributed by atoms with Gasteiger partial charge in [-0.25, -0.2) is 0 Å². The summed E-state index contributed by atoms with van der Waals surface area (Å²) >= 11 is 0. The molecule has 0 spiro atoms. The second kappa shape index (κ2) is 6.40. The van der Waals surface area contributed by atoms with Gasteiger partial charge in [-0.05, 0) is 51.2 Å². The Morgan fingerprint density at radius 2 is 2.00 bits per heavy atom. The molecule has 3 heteroatoms. The van der Waals surface area contributed by atoms with Crippen molar-refractivity contribution in [3.63, 3.8) is 0 Å². The van der Waals surface area contributed by atoms with Crippen molar-refractivity contribution in [1.29, 1.82) is 0 Å². The third kappa shape index (κ3) is 4.64. The predicted octanol–water partition coefficient (Wildman–Crippen LogP) is 2.87. The number of fused-ring (bicyclic) bond motifs is 1. The normalized spacial score (nSPS) is 18.4. The summed E-state index contributed by atoms with van der Waals surface area (Å²) in [5.41, 5.74) is 2.52. The van der Waals surface area contributed by atoms with Gasteiger partial charge in [0, 0.05) is 12.6 Å². The minimum atomic E-state index is -0.388. The summed E-state index contributed by atoms with van der Waals surface area (Å²) in [5.74, 6) is -0.124. The van der Waals surface area contributed by atoms with Gasteiger partial charge in [-0.2, -0.15) is 0 Å². The minimum absolute atomic E-state index is 0.124. The third-order valence-electron chi connectivity index (χ3n) is 3.53. The smallest absolute Gasteiger partial charge is 0.307 e. The van der Waals surface area contributed by atoms with E-state index >= 15 is 0 Å². The van der Waals surface area contributed by atoms with E-state index in [1.807, 2.05) is 20.8 Å². The Morgan fingerprint density at radius 1 is 1.30 bits per heavy atom. The maximum Gasteiger partial charge on any atom is 0.307 e. The van der Waals surface area contributed by atoms with Gasteiger partial charge in [0.2, 0.25) is 0 Å². The fourth-order valence-electron chi connectivity index (χ4n) is 2.64. The fraction of sp³-hybridized carbons (Fsp3) is 0.588. The molecule has 2 rings (SSSR count). The van der Waals surface area contributed by atoms with Crippen LogP contribution >= 0.6 is 0 Å². The largest absolute Gasteiger partial charge is 0.460 e.